The Morgan fingerprint density at radius 1 is 0.960 bits per heavy atom. The van der Waals surface area contributed by atoms with Crippen molar-refractivity contribution in [3.63, 3.8) is 0 Å². The number of aromatic nitrogens is 5. The van der Waals surface area contributed by atoms with E-state index in [4.69, 9.17) is 0 Å². The van der Waals surface area contributed by atoms with Gasteiger partial charge in [0.2, 0.25) is 0 Å². The van der Waals surface area contributed by atoms with Crippen molar-refractivity contribution in [3.8, 4) is 11.4 Å². The maximum atomic E-state index is 4.62. The first-order chi connectivity index (χ1) is 12.4. The molecule has 1 aliphatic carbocycles. The van der Waals surface area contributed by atoms with Gasteiger partial charge < -0.3 is 4.57 Å². The molecule has 0 bridgehead atoms. The van der Waals surface area contributed by atoms with Crippen LogP contribution in [0.2, 0.25) is 0 Å². The van der Waals surface area contributed by atoms with E-state index in [1.54, 1.807) is 0 Å². The minimum atomic E-state index is 0.670. The maximum Gasteiger partial charge on any atom is 0.161 e. The highest BCUT2D eigenvalue weighted by Gasteiger charge is 2.24. The normalized spacial score (nSPS) is 14.1. The summed E-state index contributed by atoms with van der Waals surface area (Å²) in [5.41, 5.74) is 4.42. The first-order valence-corrected chi connectivity index (χ1v) is 8.53. The fourth-order valence-corrected chi connectivity index (χ4v) is 3.21. The summed E-state index contributed by atoms with van der Waals surface area (Å²) in [6, 6.07) is 8.09. The first kappa shape index (κ1) is 14.3. The van der Waals surface area contributed by atoms with Crippen LogP contribution < -0.4 is 0 Å². The summed E-state index contributed by atoms with van der Waals surface area (Å²) in [6.07, 6.45) is 14.0. The Balaban J connectivity index is 1.58. The van der Waals surface area contributed by atoms with Crippen LogP contribution in [-0.4, -0.2) is 24.5 Å². The summed E-state index contributed by atoms with van der Waals surface area (Å²) in [5.74, 6) is 1.43. The molecule has 4 heterocycles. The van der Waals surface area contributed by atoms with E-state index >= 15 is 0 Å². The van der Waals surface area contributed by atoms with E-state index in [0.717, 1.165) is 29.0 Å². The van der Waals surface area contributed by atoms with E-state index in [9.17, 15) is 0 Å². The van der Waals surface area contributed by atoms with Crippen molar-refractivity contribution in [2.24, 2.45) is 0 Å². The molecule has 5 nitrogen and oxygen atoms in total. The average Bonchev–Trinajstić information content (AvgIpc) is 3.46. The number of fused-ring (bicyclic) bond motifs is 1. The van der Waals surface area contributed by atoms with E-state index in [1.165, 1.54) is 24.0 Å². The fourth-order valence-electron chi connectivity index (χ4n) is 3.21. The van der Waals surface area contributed by atoms with Gasteiger partial charge in [-0.05, 0) is 54.2 Å². The highest BCUT2D eigenvalue weighted by atomic mass is 15.0. The van der Waals surface area contributed by atoms with Crippen LogP contribution in [0.4, 0.5) is 0 Å². The molecule has 1 saturated carbocycles. The second-order valence-electron chi connectivity index (χ2n) is 6.51. The van der Waals surface area contributed by atoms with Crippen LogP contribution in [0, 0.1) is 0 Å². The van der Waals surface area contributed by atoms with Gasteiger partial charge in [0.25, 0.3) is 0 Å². The van der Waals surface area contributed by atoms with Gasteiger partial charge in [-0.2, -0.15) is 0 Å². The Morgan fingerprint density at radius 2 is 1.76 bits per heavy atom. The number of pyridine rings is 2. The van der Waals surface area contributed by atoms with Gasteiger partial charge in [0.1, 0.15) is 5.65 Å². The van der Waals surface area contributed by atoms with Gasteiger partial charge in [-0.3, -0.25) is 4.98 Å². The Labute approximate surface area is 145 Å². The Morgan fingerprint density at radius 3 is 2.52 bits per heavy atom. The SMILES string of the molecule is c1cnc2c(c1)c(-c1ncc(C3CC3)cn1)cn2Cc1ccncc1. The lowest BCUT2D eigenvalue weighted by Crippen LogP contribution is -1.99. The molecule has 0 atom stereocenters. The molecule has 0 unspecified atom stereocenters. The van der Waals surface area contributed by atoms with Gasteiger partial charge in [-0.25, -0.2) is 15.0 Å². The van der Waals surface area contributed by atoms with Crippen molar-refractivity contribution in [1.82, 2.24) is 24.5 Å². The maximum absolute atomic E-state index is 4.62. The monoisotopic (exact) mass is 327 g/mol. The molecule has 5 heteroatoms. The van der Waals surface area contributed by atoms with Gasteiger partial charge in [-0.15, -0.1) is 0 Å². The summed E-state index contributed by atoms with van der Waals surface area (Å²) in [6.45, 7) is 0.746. The largest absolute Gasteiger partial charge is 0.327 e. The van der Waals surface area contributed by atoms with Gasteiger partial charge >= 0.3 is 0 Å². The van der Waals surface area contributed by atoms with Crippen molar-refractivity contribution in [3.05, 3.63) is 72.6 Å². The average molecular weight is 327 g/mol. The lowest BCUT2D eigenvalue weighted by Gasteiger charge is -2.03. The van der Waals surface area contributed by atoms with Gasteiger partial charge in [0.15, 0.2) is 5.82 Å². The van der Waals surface area contributed by atoms with Crippen molar-refractivity contribution in [2.45, 2.75) is 25.3 Å². The molecule has 0 saturated heterocycles. The third-order valence-electron chi connectivity index (χ3n) is 4.70. The van der Waals surface area contributed by atoms with Crippen LogP contribution in [-0.2, 0) is 6.54 Å². The number of hydrogen-bond donors (Lipinski definition) is 0. The highest BCUT2D eigenvalue weighted by molar-refractivity contribution is 5.92. The van der Waals surface area contributed by atoms with E-state index in [1.807, 2.05) is 49.2 Å². The zero-order chi connectivity index (χ0) is 16.6. The minimum Gasteiger partial charge on any atom is -0.327 e. The van der Waals surface area contributed by atoms with Crippen molar-refractivity contribution in [1.29, 1.82) is 0 Å². The smallest absolute Gasteiger partial charge is 0.161 e. The standard InChI is InChI=1S/C20H17N5/c1-2-17-18(19-23-10-16(11-24-19)15-3-4-15)13-25(20(17)22-7-1)12-14-5-8-21-9-6-14/h1-2,5-11,13,15H,3-4,12H2. The van der Waals surface area contributed by atoms with Gasteiger partial charge in [-0.1, -0.05) is 0 Å². The van der Waals surface area contributed by atoms with E-state index in [0.29, 0.717) is 5.92 Å². The summed E-state index contributed by atoms with van der Waals surface area (Å²) < 4.78 is 2.15. The van der Waals surface area contributed by atoms with Crippen molar-refractivity contribution >= 4 is 11.0 Å². The molecule has 1 fully saturated rings. The molecular weight excluding hydrogens is 310 g/mol. The van der Waals surface area contributed by atoms with Crippen molar-refractivity contribution in [2.75, 3.05) is 0 Å². The van der Waals surface area contributed by atoms with Gasteiger partial charge in [0, 0.05) is 54.7 Å². The summed E-state index contributed by atoms with van der Waals surface area (Å²) in [7, 11) is 0. The molecule has 0 radical (unpaired) electrons. The van der Waals surface area contributed by atoms with Crippen LogP contribution in [0.5, 0.6) is 0 Å². The predicted octanol–water partition coefficient (Wildman–Crippen LogP) is 3.81. The molecule has 0 aromatic carbocycles. The second-order valence-corrected chi connectivity index (χ2v) is 6.51. The third-order valence-corrected chi connectivity index (χ3v) is 4.70. The molecular formula is C20H17N5. The van der Waals surface area contributed by atoms with Crippen LogP contribution in [0.1, 0.15) is 29.9 Å². The second kappa shape index (κ2) is 5.77. The van der Waals surface area contributed by atoms with E-state index in [-0.39, 0.29) is 0 Å². The van der Waals surface area contributed by atoms with E-state index < -0.39 is 0 Å². The number of nitrogens with zero attached hydrogens (tertiary/aromatic N) is 5. The zero-order valence-corrected chi connectivity index (χ0v) is 13.7. The molecule has 0 N–H and O–H groups in total. The fraction of sp³-hybridized carbons (Fsp3) is 0.200. The molecule has 0 spiro atoms. The molecule has 0 aliphatic heterocycles. The van der Waals surface area contributed by atoms with Crippen LogP contribution in [0.25, 0.3) is 22.4 Å². The van der Waals surface area contributed by atoms with E-state index in [2.05, 4.69) is 36.8 Å². The molecule has 122 valence electrons. The van der Waals surface area contributed by atoms with Crippen molar-refractivity contribution < 1.29 is 0 Å². The summed E-state index contributed by atoms with van der Waals surface area (Å²) in [5, 5.41) is 1.08. The first-order valence-electron chi connectivity index (χ1n) is 8.53. The minimum absolute atomic E-state index is 0.670. The molecule has 1 aliphatic rings. The topological polar surface area (TPSA) is 56.5 Å². The van der Waals surface area contributed by atoms with Crippen LogP contribution >= 0.6 is 0 Å². The quantitative estimate of drug-likeness (QED) is 0.572. The molecule has 5 rings (SSSR count). The summed E-state index contributed by atoms with van der Waals surface area (Å²) in [4.78, 5) is 17.9. The molecule has 4 aromatic heterocycles. The summed E-state index contributed by atoms with van der Waals surface area (Å²) >= 11 is 0. The Bertz CT molecular complexity index is 1020. The third kappa shape index (κ3) is 2.67. The zero-order valence-electron chi connectivity index (χ0n) is 13.7. The molecule has 0 amide bonds. The van der Waals surface area contributed by atoms with Gasteiger partial charge in [0.05, 0.1) is 0 Å². The lowest BCUT2D eigenvalue weighted by molar-refractivity contribution is 0.823. The predicted molar refractivity (Wildman–Crippen MR) is 96.1 cm³/mol. The Kier molecular flexibility index (Phi) is 3.30. The number of rotatable bonds is 4. The molecule has 4 aromatic rings. The highest BCUT2D eigenvalue weighted by Crippen LogP contribution is 2.39. The number of hydrogen-bond acceptors (Lipinski definition) is 4. The molecule has 25 heavy (non-hydrogen) atoms. The van der Waals surface area contributed by atoms with Crippen LogP contribution in [0.3, 0.4) is 0 Å². The lowest BCUT2D eigenvalue weighted by atomic mass is 10.2. The Hall–Kier alpha value is -3.08. The van der Waals surface area contributed by atoms with Crippen LogP contribution in [0.15, 0.2) is 61.4 Å².